The first kappa shape index (κ1) is 11.3. The standard InChI is InChI=1S/C10H8BrF2NO2/c11-4-7-5-14(10(15)16-7)9-2-1-6(12)3-8(9)13/h1-3,7H,4-5H2. The molecule has 0 bridgehead atoms. The Morgan fingerprint density at radius 3 is 2.81 bits per heavy atom. The van der Waals surface area contributed by atoms with Crippen LogP contribution < -0.4 is 4.90 Å². The molecule has 1 unspecified atom stereocenters. The van der Waals surface area contributed by atoms with Crippen LogP contribution in [0.1, 0.15) is 0 Å². The molecule has 16 heavy (non-hydrogen) atoms. The average Bonchev–Trinajstić information content (AvgIpc) is 2.60. The largest absolute Gasteiger partial charge is 0.443 e. The molecule has 0 saturated carbocycles. The van der Waals surface area contributed by atoms with Crippen LogP contribution in [0.25, 0.3) is 0 Å². The highest BCUT2D eigenvalue weighted by atomic mass is 79.9. The van der Waals surface area contributed by atoms with Crippen LogP contribution >= 0.6 is 15.9 Å². The summed E-state index contributed by atoms with van der Waals surface area (Å²) in [6, 6.07) is 3.07. The molecule has 1 saturated heterocycles. The van der Waals surface area contributed by atoms with E-state index in [-0.39, 0.29) is 18.3 Å². The lowest BCUT2D eigenvalue weighted by atomic mass is 10.2. The van der Waals surface area contributed by atoms with Gasteiger partial charge in [-0.3, -0.25) is 4.90 Å². The van der Waals surface area contributed by atoms with Crippen molar-refractivity contribution in [3.05, 3.63) is 29.8 Å². The van der Waals surface area contributed by atoms with Crippen molar-refractivity contribution in [2.24, 2.45) is 0 Å². The van der Waals surface area contributed by atoms with Crippen molar-refractivity contribution in [1.29, 1.82) is 0 Å². The summed E-state index contributed by atoms with van der Waals surface area (Å²) >= 11 is 3.18. The Kier molecular flexibility index (Phi) is 3.09. The molecule has 1 aromatic rings. The van der Waals surface area contributed by atoms with Crippen molar-refractivity contribution in [3.8, 4) is 0 Å². The van der Waals surface area contributed by atoms with Crippen molar-refractivity contribution in [2.75, 3.05) is 16.8 Å². The SMILES string of the molecule is O=C1OC(CBr)CN1c1ccc(F)cc1F. The molecule has 86 valence electrons. The maximum absolute atomic E-state index is 13.4. The molecule has 1 aliphatic heterocycles. The number of benzene rings is 1. The van der Waals surface area contributed by atoms with E-state index >= 15 is 0 Å². The number of anilines is 1. The summed E-state index contributed by atoms with van der Waals surface area (Å²) in [5.74, 6) is -1.45. The summed E-state index contributed by atoms with van der Waals surface area (Å²) in [4.78, 5) is 12.6. The van der Waals surface area contributed by atoms with Crippen LogP contribution in [0.15, 0.2) is 18.2 Å². The lowest BCUT2D eigenvalue weighted by Gasteiger charge is -2.13. The number of rotatable bonds is 2. The molecule has 0 N–H and O–H groups in total. The van der Waals surface area contributed by atoms with Gasteiger partial charge < -0.3 is 4.74 Å². The van der Waals surface area contributed by atoms with E-state index in [1.807, 2.05) is 0 Å². The first-order chi connectivity index (χ1) is 7.61. The number of nitrogens with zero attached hydrogens (tertiary/aromatic N) is 1. The molecule has 0 aromatic heterocycles. The summed E-state index contributed by atoms with van der Waals surface area (Å²) in [5, 5.41) is 0.484. The van der Waals surface area contributed by atoms with Crippen LogP contribution in [0.3, 0.4) is 0 Å². The molecule has 1 heterocycles. The minimum absolute atomic E-state index is 0.0369. The zero-order valence-electron chi connectivity index (χ0n) is 8.12. The van der Waals surface area contributed by atoms with E-state index in [0.29, 0.717) is 5.33 Å². The highest BCUT2D eigenvalue weighted by molar-refractivity contribution is 9.09. The fourth-order valence-electron chi connectivity index (χ4n) is 1.50. The lowest BCUT2D eigenvalue weighted by Crippen LogP contribution is -2.25. The molecule has 0 radical (unpaired) electrons. The Hall–Kier alpha value is -1.17. The van der Waals surface area contributed by atoms with Crippen LogP contribution in [0, 0.1) is 11.6 Å². The van der Waals surface area contributed by atoms with Gasteiger partial charge in [0.15, 0.2) is 0 Å². The van der Waals surface area contributed by atoms with E-state index in [1.165, 1.54) is 6.07 Å². The first-order valence-electron chi connectivity index (χ1n) is 4.61. The van der Waals surface area contributed by atoms with Gasteiger partial charge in [-0.2, -0.15) is 0 Å². The van der Waals surface area contributed by atoms with E-state index in [4.69, 9.17) is 4.74 Å². The van der Waals surface area contributed by atoms with E-state index in [0.717, 1.165) is 17.0 Å². The van der Waals surface area contributed by atoms with Gasteiger partial charge >= 0.3 is 6.09 Å². The molecule has 1 aliphatic rings. The van der Waals surface area contributed by atoms with Crippen molar-refractivity contribution >= 4 is 27.7 Å². The minimum Gasteiger partial charge on any atom is -0.443 e. The number of hydrogen-bond donors (Lipinski definition) is 0. The van der Waals surface area contributed by atoms with Crippen molar-refractivity contribution < 1.29 is 18.3 Å². The molecular formula is C10H8BrF2NO2. The van der Waals surface area contributed by atoms with Gasteiger partial charge in [0.25, 0.3) is 0 Å². The Bertz CT molecular complexity index is 427. The van der Waals surface area contributed by atoms with Crippen molar-refractivity contribution in [2.45, 2.75) is 6.10 Å². The molecule has 0 spiro atoms. The zero-order chi connectivity index (χ0) is 11.7. The Balaban J connectivity index is 2.28. The van der Waals surface area contributed by atoms with E-state index in [2.05, 4.69) is 15.9 Å². The fraction of sp³-hybridized carbons (Fsp3) is 0.300. The molecule has 1 atom stereocenters. The summed E-state index contributed by atoms with van der Waals surface area (Å²) in [5.41, 5.74) is 0.0369. The van der Waals surface area contributed by atoms with Crippen molar-refractivity contribution in [3.63, 3.8) is 0 Å². The molecule has 1 fully saturated rings. The third-order valence-electron chi connectivity index (χ3n) is 2.25. The quantitative estimate of drug-likeness (QED) is 0.784. The van der Waals surface area contributed by atoms with E-state index in [9.17, 15) is 13.6 Å². The Morgan fingerprint density at radius 1 is 1.50 bits per heavy atom. The molecule has 1 amide bonds. The predicted molar refractivity (Wildman–Crippen MR) is 57.8 cm³/mol. The topological polar surface area (TPSA) is 29.5 Å². The molecule has 3 nitrogen and oxygen atoms in total. The predicted octanol–water partition coefficient (Wildman–Crippen LogP) is 2.68. The second kappa shape index (κ2) is 4.37. The second-order valence-electron chi connectivity index (χ2n) is 3.37. The van der Waals surface area contributed by atoms with Crippen LogP contribution in [0.5, 0.6) is 0 Å². The number of amides is 1. The van der Waals surface area contributed by atoms with Gasteiger partial charge in [0.1, 0.15) is 17.7 Å². The van der Waals surface area contributed by atoms with E-state index in [1.54, 1.807) is 0 Å². The lowest BCUT2D eigenvalue weighted by molar-refractivity contribution is 0.152. The summed E-state index contributed by atoms with van der Waals surface area (Å²) < 4.78 is 31.0. The average molecular weight is 292 g/mol. The smallest absolute Gasteiger partial charge is 0.414 e. The molecular weight excluding hydrogens is 284 g/mol. The highest BCUT2D eigenvalue weighted by Crippen LogP contribution is 2.25. The fourth-order valence-corrected chi connectivity index (χ4v) is 1.84. The second-order valence-corrected chi connectivity index (χ2v) is 4.01. The summed E-state index contributed by atoms with van der Waals surface area (Å²) in [7, 11) is 0. The number of cyclic esters (lactones) is 1. The van der Waals surface area contributed by atoms with Gasteiger partial charge in [0, 0.05) is 11.4 Å². The van der Waals surface area contributed by atoms with Gasteiger partial charge in [-0.25, -0.2) is 13.6 Å². The van der Waals surface area contributed by atoms with Gasteiger partial charge in [-0.1, -0.05) is 15.9 Å². The van der Waals surface area contributed by atoms with Gasteiger partial charge in [0.2, 0.25) is 0 Å². The third-order valence-corrected chi connectivity index (χ3v) is 2.97. The maximum Gasteiger partial charge on any atom is 0.414 e. The van der Waals surface area contributed by atoms with Crippen LogP contribution in [0.2, 0.25) is 0 Å². The molecule has 6 heteroatoms. The number of carbonyl (C=O) groups is 1. The highest BCUT2D eigenvalue weighted by Gasteiger charge is 2.33. The third kappa shape index (κ3) is 2.02. The Labute approximate surface area is 99.1 Å². The molecule has 2 rings (SSSR count). The van der Waals surface area contributed by atoms with Crippen LogP contribution in [0.4, 0.5) is 19.3 Å². The normalized spacial score (nSPS) is 20.1. The van der Waals surface area contributed by atoms with Crippen LogP contribution in [-0.2, 0) is 4.74 Å². The number of ether oxygens (including phenoxy) is 1. The van der Waals surface area contributed by atoms with E-state index < -0.39 is 17.7 Å². The van der Waals surface area contributed by atoms with Gasteiger partial charge in [-0.05, 0) is 12.1 Å². The molecule has 0 aliphatic carbocycles. The summed E-state index contributed by atoms with van der Waals surface area (Å²) in [6.45, 7) is 0.257. The van der Waals surface area contributed by atoms with Gasteiger partial charge in [0.05, 0.1) is 12.2 Å². The maximum atomic E-state index is 13.4. The monoisotopic (exact) mass is 291 g/mol. The van der Waals surface area contributed by atoms with Crippen LogP contribution in [-0.4, -0.2) is 24.1 Å². The summed E-state index contributed by atoms with van der Waals surface area (Å²) in [6.07, 6.45) is -0.924. The number of alkyl halides is 1. The molecule has 1 aromatic carbocycles. The minimum atomic E-state index is -0.771. The first-order valence-corrected chi connectivity index (χ1v) is 5.73. The number of hydrogen-bond acceptors (Lipinski definition) is 2. The van der Waals surface area contributed by atoms with Crippen molar-refractivity contribution in [1.82, 2.24) is 0 Å². The number of halogens is 3. The van der Waals surface area contributed by atoms with Gasteiger partial charge in [-0.15, -0.1) is 0 Å². The number of carbonyl (C=O) groups excluding carboxylic acids is 1. The zero-order valence-corrected chi connectivity index (χ0v) is 9.71. The Morgan fingerprint density at radius 2 is 2.25 bits per heavy atom.